The fourth-order valence-corrected chi connectivity index (χ4v) is 4.00. The molecule has 1 saturated heterocycles. The summed E-state index contributed by atoms with van der Waals surface area (Å²) in [6.07, 6.45) is 5.12. The number of imide groups is 1. The van der Waals surface area contributed by atoms with Crippen LogP contribution >= 0.6 is 0 Å². The van der Waals surface area contributed by atoms with Gasteiger partial charge < -0.3 is 15.4 Å². The van der Waals surface area contributed by atoms with E-state index in [0.29, 0.717) is 19.6 Å². The van der Waals surface area contributed by atoms with Crippen molar-refractivity contribution >= 4 is 17.8 Å². The zero-order valence-corrected chi connectivity index (χ0v) is 16.4. The number of hydrogen-bond acceptors (Lipinski definition) is 4. The van der Waals surface area contributed by atoms with Gasteiger partial charge in [-0.05, 0) is 43.7 Å². The third kappa shape index (κ3) is 4.46. The molecule has 4 amide bonds. The van der Waals surface area contributed by atoms with E-state index in [2.05, 4.69) is 10.6 Å². The number of carbonyl (C=O) groups excluding carboxylic acids is 3. The van der Waals surface area contributed by atoms with E-state index in [1.165, 1.54) is 0 Å². The van der Waals surface area contributed by atoms with Gasteiger partial charge in [-0.3, -0.25) is 14.5 Å². The lowest BCUT2D eigenvalue weighted by molar-refractivity contribution is -0.137. The second-order valence-electron chi connectivity index (χ2n) is 7.66. The maximum Gasteiger partial charge on any atom is 0.325 e. The Balaban J connectivity index is 1.37. The van der Waals surface area contributed by atoms with Crippen molar-refractivity contribution in [1.82, 2.24) is 15.5 Å². The van der Waals surface area contributed by atoms with Gasteiger partial charge in [0.25, 0.3) is 5.91 Å². The van der Waals surface area contributed by atoms with Gasteiger partial charge in [-0.25, -0.2) is 4.79 Å². The fraction of sp³-hybridized carbons (Fsp3) is 0.571. The lowest BCUT2D eigenvalue weighted by Crippen LogP contribution is -2.54. The zero-order valence-electron chi connectivity index (χ0n) is 16.4. The highest BCUT2D eigenvalue weighted by Crippen LogP contribution is 2.38. The first-order valence-corrected chi connectivity index (χ1v) is 10.1. The van der Waals surface area contributed by atoms with E-state index in [9.17, 15) is 14.4 Å². The predicted octanol–water partition coefficient (Wildman–Crippen LogP) is 2.46. The second kappa shape index (κ2) is 9.08. The number of para-hydroxylation sites is 1. The number of ether oxygens (including phenoxy) is 1. The van der Waals surface area contributed by atoms with E-state index in [-0.39, 0.29) is 24.3 Å². The third-order valence-corrected chi connectivity index (χ3v) is 5.71. The minimum Gasteiger partial charge on any atom is -0.494 e. The number of amides is 4. The monoisotopic (exact) mass is 387 g/mol. The molecule has 7 nitrogen and oxygen atoms in total. The van der Waals surface area contributed by atoms with Gasteiger partial charge in [-0.15, -0.1) is 0 Å². The molecule has 1 aliphatic heterocycles. The van der Waals surface area contributed by atoms with E-state index >= 15 is 0 Å². The van der Waals surface area contributed by atoms with Crippen LogP contribution in [0.25, 0.3) is 0 Å². The van der Waals surface area contributed by atoms with Crippen LogP contribution in [-0.4, -0.2) is 48.0 Å². The van der Waals surface area contributed by atoms with Gasteiger partial charge in [0.15, 0.2) is 0 Å². The largest absolute Gasteiger partial charge is 0.494 e. The predicted molar refractivity (Wildman–Crippen MR) is 105 cm³/mol. The minimum atomic E-state index is -0.815. The molecular weight excluding hydrogens is 358 g/mol. The first kappa shape index (κ1) is 20.2. The Morgan fingerprint density at radius 2 is 2.04 bits per heavy atom. The maximum absolute atomic E-state index is 12.8. The Labute approximate surface area is 165 Å². The highest BCUT2D eigenvalue weighted by atomic mass is 16.5. The van der Waals surface area contributed by atoms with Crippen LogP contribution in [-0.2, 0) is 9.59 Å². The van der Waals surface area contributed by atoms with Gasteiger partial charge >= 0.3 is 6.03 Å². The van der Waals surface area contributed by atoms with Crippen LogP contribution < -0.4 is 15.4 Å². The Hall–Kier alpha value is -2.57. The molecular formula is C21H29N3O4. The molecule has 0 unspecified atom stereocenters. The molecule has 1 aromatic carbocycles. The molecule has 0 radical (unpaired) electrons. The van der Waals surface area contributed by atoms with Crippen LogP contribution in [0.4, 0.5) is 4.79 Å². The van der Waals surface area contributed by atoms with Crippen LogP contribution in [0, 0.1) is 5.92 Å². The number of unbranched alkanes of at least 4 members (excludes halogenated alkanes) is 1. The lowest BCUT2D eigenvalue weighted by Gasteiger charge is -2.36. The summed E-state index contributed by atoms with van der Waals surface area (Å²) in [5.74, 6) is 0.357. The molecule has 1 aromatic rings. The summed E-state index contributed by atoms with van der Waals surface area (Å²) in [5.41, 5.74) is -0.815. The first-order chi connectivity index (χ1) is 13.5. The average molecular weight is 387 g/mol. The van der Waals surface area contributed by atoms with Crippen molar-refractivity contribution < 1.29 is 19.1 Å². The van der Waals surface area contributed by atoms with Crippen molar-refractivity contribution in [3.8, 4) is 5.75 Å². The van der Waals surface area contributed by atoms with E-state index in [1.54, 1.807) is 0 Å². The summed E-state index contributed by atoms with van der Waals surface area (Å²) >= 11 is 0. The summed E-state index contributed by atoms with van der Waals surface area (Å²) in [6, 6.07) is 9.13. The van der Waals surface area contributed by atoms with Gasteiger partial charge in [0.05, 0.1) is 6.61 Å². The molecule has 2 aliphatic rings. The van der Waals surface area contributed by atoms with Crippen molar-refractivity contribution in [3.05, 3.63) is 30.3 Å². The summed E-state index contributed by atoms with van der Waals surface area (Å²) in [7, 11) is 0. The van der Waals surface area contributed by atoms with Crippen LogP contribution in [0.5, 0.6) is 5.75 Å². The molecule has 3 rings (SSSR count). The van der Waals surface area contributed by atoms with E-state index in [1.807, 2.05) is 37.3 Å². The lowest BCUT2D eigenvalue weighted by atomic mass is 9.73. The van der Waals surface area contributed by atoms with Crippen LogP contribution in [0.2, 0.25) is 0 Å². The van der Waals surface area contributed by atoms with Crippen molar-refractivity contribution in [2.75, 3.05) is 19.7 Å². The summed E-state index contributed by atoms with van der Waals surface area (Å²) in [4.78, 5) is 38.4. The van der Waals surface area contributed by atoms with Gasteiger partial charge in [0, 0.05) is 6.54 Å². The highest BCUT2D eigenvalue weighted by molar-refractivity contribution is 6.09. The average Bonchev–Trinajstić information content (AvgIpc) is 2.93. The summed E-state index contributed by atoms with van der Waals surface area (Å²) < 4.78 is 5.60. The summed E-state index contributed by atoms with van der Waals surface area (Å²) in [6.45, 7) is 2.84. The van der Waals surface area contributed by atoms with Crippen LogP contribution in [0.15, 0.2) is 30.3 Å². The molecule has 2 N–H and O–H groups in total. The van der Waals surface area contributed by atoms with E-state index in [0.717, 1.165) is 42.8 Å². The Bertz CT molecular complexity index is 709. The van der Waals surface area contributed by atoms with E-state index in [4.69, 9.17) is 4.74 Å². The standard InChI is InChI=1S/C21H29N3O4/c1-16-9-5-6-12-21(16)19(26)24(20(27)23-21)15-18(25)22-13-7-8-14-28-17-10-3-2-4-11-17/h2-4,10-11,16H,5-9,12-15H2,1H3,(H,22,25)(H,23,27)/t16-,21-/m1/s1. The smallest absolute Gasteiger partial charge is 0.325 e. The van der Waals surface area contributed by atoms with Crippen molar-refractivity contribution in [1.29, 1.82) is 0 Å². The second-order valence-corrected chi connectivity index (χ2v) is 7.66. The number of benzene rings is 1. The molecule has 0 aromatic heterocycles. The van der Waals surface area contributed by atoms with Gasteiger partial charge in [0.1, 0.15) is 17.8 Å². The van der Waals surface area contributed by atoms with E-state index < -0.39 is 11.6 Å². The van der Waals surface area contributed by atoms with Crippen LogP contribution in [0.3, 0.4) is 0 Å². The molecule has 1 heterocycles. The number of hydrogen-bond donors (Lipinski definition) is 2. The molecule has 7 heteroatoms. The number of urea groups is 1. The van der Waals surface area contributed by atoms with Gasteiger partial charge in [-0.2, -0.15) is 0 Å². The Morgan fingerprint density at radius 1 is 1.25 bits per heavy atom. The number of carbonyl (C=O) groups is 3. The number of nitrogens with zero attached hydrogens (tertiary/aromatic N) is 1. The maximum atomic E-state index is 12.8. The van der Waals surface area contributed by atoms with Gasteiger partial charge in [-0.1, -0.05) is 38.0 Å². The highest BCUT2D eigenvalue weighted by Gasteiger charge is 2.55. The molecule has 2 atom stereocenters. The third-order valence-electron chi connectivity index (χ3n) is 5.71. The molecule has 1 aliphatic carbocycles. The topological polar surface area (TPSA) is 87.7 Å². The molecule has 152 valence electrons. The zero-order chi connectivity index (χ0) is 20.0. The number of nitrogens with one attached hydrogen (secondary N) is 2. The Kier molecular flexibility index (Phi) is 6.54. The normalized spacial score (nSPS) is 24.3. The van der Waals surface area contributed by atoms with Crippen molar-refractivity contribution in [2.24, 2.45) is 5.92 Å². The fourth-order valence-electron chi connectivity index (χ4n) is 4.00. The van der Waals surface area contributed by atoms with Crippen molar-refractivity contribution in [3.63, 3.8) is 0 Å². The molecule has 28 heavy (non-hydrogen) atoms. The summed E-state index contributed by atoms with van der Waals surface area (Å²) in [5, 5.41) is 5.65. The number of rotatable bonds is 8. The molecule has 1 saturated carbocycles. The molecule has 2 fully saturated rings. The molecule has 1 spiro atoms. The SMILES string of the molecule is C[C@@H]1CCCC[C@@]12NC(=O)N(CC(=O)NCCCCOc1ccccc1)C2=O. The van der Waals surface area contributed by atoms with Crippen molar-refractivity contribution in [2.45, 2.75) is 51.0 Å². The van der Waals surface area contributed by atoms with Crippen LogP contribution in [0.1, 0.15) is 45.4 Å². The quantitative estimate of drug-likeness (QED) is 0.530. The Morgan fingerprint density at radius 3 is 2.79 bits per heavy atom. The molecule has 0 bridgehead atoms. The first-order valence-electron chi connectivity index (χ1n) is 10.1. The van der Waals surface area contributed by atoms with Gasteiger partial charge in [0.2, 0.25) is 5.91 Å². The minimum absolute atomic E-state index is 0.0929.